The van der Waals surface area contributed by atoms with Crippen LogP contribution >= 0.6 is 0 Å². The summed E-state index contributed by atoms with van der Waals surface area (Å²) < 4.78 is 4.72. The third-order valence-electron chi connectivity index (χ3n) is 1.71. The molecule has 0 aromatic carbocycles. The molecular weight excluding hydrogens is 198 g/mol. The van der Waals surface area contributed by atoms with Crippen LogP contribution in [0.3, 0.4) is 0 Å². The highest BCUT2D eigenvalue weighted by molar-refractivity contribution is 5.80. The van der Waals surface area contributed by atoms with Crippen molar-refractivity contribution < 1.29 is 14.3 Å². The van der Waals surface area contributed by atoms with Crippen LogP contribution in [0.15, 0.2) is 0 Å². The van der Waals surface area contributed by atoms with E-state index in [9.17, 15) is 9.59 Å². The largest absolute Gasteiger partial charge is 0.448 e. The summed E-state index contributed by atoms with van der Waals surface area (Å²) in [6, 6.07) is 1.74. The molecule has 0 radical (unpaired) electrons. The van der Waals surface area contributed by atoms with E-state index in [0.29, 0.717) is 6.54 Å². The Morgan fingerprint density at radius 2 is 2.00 bits per heavy atom. The Labute approximate surface area is 89.0 Å². The van der Waals surface area contributed by atoms with Crippen LogP contribution in [-0.4, -0.2) is 42.2 Å². The molecule has 84 valence electrons. The smallest absolute Gasteiger partial charge is 0.428 e. The van der Waals surface area contributed by atoms with Gasteiger partial charge in [0.2, 0.25) is 0 Å². The highest BCUT2D eigenvalue weighted by Crippen LogP contribution is 2.01. The zero-order valence-corrected chi connectivity index (χ0v) is 9.19. The lowest BCUT2D eigenvalue weighted by Gasteiger charge is -2.29. The Hall–Kier alpha value is -1.77. The highest BCUT2D eigenvalue weighted by atomic mass is 16.6. The molecule has 0 aliphatic rings. The predicted molar refractivity (Wildman–Crippen MR) is 52.4 cm³/mol. The lowest BCUT2D eigenvalue weighted by Crippen LogP contribution is -2.47. The van der Waals surface area contributed by atoms with Crippen molar-refractivity contribution in [1.29, 1.82) is 5.26 Å². The first-order valence-electron chi connectivity index (χ1n) is 4.66. The molecule has 0 saturated carbocycles. The number of nitrogens with zero attached hydrogens (tertiary/aromatic N) is 3. The minimum absolute atomic E-state index is 0.243. The molecule has 0 aliphatic carbocycles. The Balaban J connectivity index is 4.47. The molecule has 6 heteroatoms. The van der Waals surface area contributed by atoms with Crippen molar-refractivity contribution in [3.63, 3.8) is 0 Å². The second-order valence-corrected chi connectivity index (χ2v) is 2.67. The molecule has 0 bridgehead atoms. The van der Waals surface area contributed by atoms with E-state index in [1.54, 1.807) is 19.9 Å². The summed E-state index contributed by atoms with van der Waals surface area (Å²) in [5.74, 6) is -0.421. The Bertz CT molecular complexity index is 272. The van der Waals surface area contributed by atoms with Crippen LogP contribution in [0.25, 0.3) is 0 Å². The number of carbonyl (C=O) groups excluding carboxylic acids is 2. The maximum absolute atomic E-state index is 11.4. The van der Waals surface area contributed by atoms with Crippen LogP contribution in [0, 0.1) is 11.3 Å². The van der Waals surface area contributed by atoms with Crippen molar-refractivity contribution in [3.05, 3.63) is 0 Å². The summed E-state index contributed by atoms with van der Waals surface area (Å²) in [6.45, 7) is 3.95. The van der Waals surface area contributed by atoms with E-state index in [4.69, 9.17) is 10.00 Å². The molecule has 0 aliphatic heterocycles. The summed E-state index contributed by atoms with van der Waals surface area (Å²) in [4.78, 5) is 22.7. The van der Waals surface area contributed by atoms with Crippen LogP contribution in [0.4, 0.5) is 4.79 Å². The number of rotatable bonds is 3. The van der Waals surface area contributed by atoms with Gasteiger partial charge in [-0.05, 0) is 13.8 Å². The van der Waals surface area contributed by atoms with Gasteiger partial charge in [-0.15, -0.1) is 0 Å². The average molecular weight is 213 g/mol. The van der Waals surface area contributed by atoms with Crippen molar-refractivity contribution >= 4 is 12.0 Å². The lowest BCUT2D eigenvalue weighted by molar-refractivity contribution is -0.142. The van der Waals surface area contributed by atoms with Gasteiger partial charge in [-0.3, -0.25) is 4.79 Å². The van der Waals surface area contributed by atoms with E-state index in [1.165, 1.54) is 12.1 Å². The summed E-state index contributed by atoms with van der Waals surface area (Å²) in [7, 11) is 1.43. The maximum atomic E-state index is 11.4. The van der Waals surface area contributed by atoms with Gasteiger partial charge in [0.1, 0.15) is 6.42 Å². The molecular formula is C9H15N3O3. The number of amides is 2. The van der Waals surface area contributed by atoms with Crippen LogP contribution in [0.5, 0.6) is 0 Å². The number of nitriles is 1. The number of hydrazine groups is 1. The monoisotopic (exact) mass is 213 g/mol. The lowest BCUT2D eigenvalue weighted by atomic mass is 10.4. The van der Waals surface area contributed by atoms with E-state index < -0.39 is 12.0 Å². The van der Waals surface area contributed by atoms with Gasteiger partial charge in [0, 0.05) is 13.6 Å². The fraction of sp³-hybridized carbons (Fsp3) is 0.667. The van der Waals surface area contributed by atoms with Gasteiger partial charge in [0.05, 0.1) is 12.7 Å². The normalized spacial score (nSPS) is 8.93. The Morgan fingerprint density at radius 1 is 1.40 bits per heavy atom. The van der Waals surface area contributed by atoms with Gasteiger partial charge in [0.15, 0.2) is 0 Å². The van der Waals surface area contributed by atoms with E-state index in [1.807, 2.05) is 0 Å². The molecule has 0 atom stereocenters. The molecule has 0 saturated heterocycles. The van der Waals surface area contributed by atoms with Gasteiger partial charge >= 0.3 is 6.09 Å². The molecule has 0 aromatic heterocycles. The molecule has 0 aromatic rings. The van der Waals surface area contributed by atoms with E-state index in [-0.39, 0.29) is 13.0 Å². The molecule has 0 N–H and O–H groups in total. The Kier molecular flexibility index (Phi) is 5.86. The first-order chi connectivity index (χ1) is 7.08. The van der Waals surface area contributed by atoms with Gasteiger partial charge < -0.3 is 4.74 Å². The fourth-order valence-electron chi connectivity index (χ4n) is 1.03. The third kappa shape index (κ3) is 3.85. The van der Waals surface area contributed by atoms with Crippen molar-refractivity contribution in [2.24, 2.45) is 0 Å². The topological polar surface area (TPSA) is 73.6 Å². The van der Waals surface area contributed by atoms with Crippen molar-refractivity contribution in [3.8, 4) is 6.07 Å². The number of hydrogen-bond acceptors (Lipinski definition) is 4. The highest BCUT2D eigenvalue weighted by Gasteiger charge is 2.21. The van der Waals surface area contributed by atoms with Crippen LogP contribution in [-0.2, 0) is 9.53 Å². The first-order valence-corrected chi connectivity index (χ1v) is 4.66. The average Bonchev–Trinajstić information content (AvgIpc) is 2.19. The summed E-state index contributed by atoms with van der Waals surface area (Å²) in [5.41, 5.74) is 0. The second-order valence-electron chi connectivity index (χ2n) is 2.67. The second kappa shape index (κ2) is 6.65. The van der Waals surface area contributed by atoms with E-state index >= 15 is 0 Å². The minimum atomic E-state index is -0.606. The van der Waals surface area contributed by atoms with Gasteiger partial charge in [-0.2, -0.15) is 5.26 Å². The summed E-state index contributed by atoms with van der Waals surface area (Å²) in [6.07, 6.45) is -0.858. The van der Waals surface area contributed by atoms with Crippen molar-refractivity contribution in [2.75, 3.05) is 20.2 Å². The molecule has 6 nitrogen and oxygen atoms in total. The molecule has 0 rings (SSSR count). The standard InChI is InChI=1S/C9H15N3O3/c1-4-12(8(13)6-7-10)11(3)9(14)15-5-2/h4-6H2,1-3H3. The van der Waals surface area contributed by atoms with Crippen molar-refractivity contribution in [1.82, 2.24) is 10.0 Å². The third-order valence-corrected chi connectivity index (χ3v) is 1.71. The summed E-state index contributed by atoms with van der Waals surface area (Å²) >= 11 is 0. The summed E-state index contributed by atoms with van der Waals surface area (Å²) in [5, 5.41) is 10.6. The molecule has 0 spiro atoms. The van der Waals surface area contributed by atoms with Gasteiger partial charge in [-0.25, -0.2) is 14.8 Å². The number of ether oxygens (including phenoxy) is 1. The number of carbonyl (C=O) groups is 2. The molecule has 2 amide bonds. The SMILES string of the molecule is CCOC(=O)N(C)N(CC)C(=O)CC#N. The van der Waals surface area contributed by atoms with Crippen LogP contribution in [0.2, 0.25) is 0 Å². The predicted octanol–water partition coefficient (Wildman–Crippen LogP) is 0.752. The zero-order chi connectivity index (χ0) is 11.8. The quantitative estimate of drug-likeness (QED) is 0.648. The van der Waals surface area contributed by atoms with Gasteiger partial charge in [-0.1, -0.05) is 0 Å². The van der Waals surface area contributed by atoms with Gasteiger partial charge in [0.25, 0.3) is 5.91 Å². The molecule has 0 heterocycles. The molecule has 0 fully saturated rings. The minimum Gasteiger partial charge on any atom is -0.448 e. The first kappa shape index (κ1) is 13.2. The molecule has 15 heavy (non-hydrogen) atoms. The van der Waals surface area contributed by atoms with Crippen molar-refractivity contribution in [2.45, 2.75) is 20.3 Å². The number of hydrogen-bond donors (Lipinski definition) is 0. The fourth-order valence-corrected chi connectivity index (χ4v) is 1.03. The van der Waals surface area contributed by atoms with E-state index in [2.05, 4.69) is 0 Å². The maximum Gasteiger partial charge on any atom is 0.428 e. The van der Waals surface area contributed by atoms with Crippen LogP contribution < -0.4 is 0 Å². The van der Waals surface area contributed by atoms with E-state index in [0.717, 1.165) is 5.01 Å². The zero-order valence-electron chi connectivity index (χ0n) is 9.19. The van der Waals surface area contributed by atoms with Crippen LogP contribution in [0.1, 0.15) is 20.3 Å². The molecule has 0 unspecified atom stereocenters. The Morgan fingerprint density at radius 3 is 2.40 bits per heavy atom.